The van der Waals surface area contributed by atoms with Crippen molar-refractivity contribution in [3.05, 3.63) is 46.3 Å². The summed E-state index contributed by atoms with van der Waals surface area (Å²) >= 11 is 0. The Morgan fingerprint density at radius 3 is 1.72 bits per heavy atom. The third kappa shape index (κ3) is 7.42. The second kappa shape index (κ2) is 15.2. The average molecular weight is 437 g/mol. The van der Waals surface area contributed by atoms with Gasteiger partial charge in [-0.15, -0.1) is 0 Å². The SMILES string of the molecule is CCCCc1cccnc1-c1nc(CCCC)c(CCCC)c(CCCC)c1CCCC. The molecule has 2 rings (SSSR count). The van der Waals surface area contributed by atoms with E-state index >= 15 is 0 Å². The summed E-state index contributed by atoms with van der Waals surface area (Å²) in [7, 11) is 0. The third-order valence-electron chi connectivity index (χ3n) is 6.63. The zero-order valence-corrected chi connectivity index (χ0v) is 21.7. The van der Waals surface area contributed by atoms with Crippen LogP contribution in [0.5, 0.6) is 0 Å². The van der Waals surface area contributed by atoms with E-state index in [2.05, 4.69) is 46.8 Å². The maximum atomic E-state index is 5.46. The van der Waals surface area contributed by atoms with E-state index in [9.17, 15) is 0 Å². The van der Waals surface area contributed by atoms with E-state index in [-0.39, 0.29) is 0 Å². The number of hydrogen-bond acceptors (Lipinski definition) is 2. The molecule has 2 aromatic rings. The molecule has 0 amide bonds. The summed E-state index contributed by atoms with van der Waals surface area (Å²) < 4.78 is 0. The topological polar surface area (TPSA) is 25.8 Å². The van der Waals surface area contributed by atoms with Gasteiger partial charge in [0, 0.05) is 11.9 Å². The Balaban J connectivity index is 2.74. The van der Waals surface area contributed by atoms with Crippen molar-refractivity contribution in [1.29, 1.82) is 0 Å². The zero-order chi connectivity index (χ0) is 23.2. The molecule has 0 radical (unpaired) electrons. The van der Waals surface area contributed by atoms with Crippen LogP contribution in [0.3, 0.4) is 0 Å². The third-order valence-corrected chi connectivity index (χ3v) is 6.63. The Morgan fingerprint density at radius 1 is 0.562 bits per heavy atom. The number of unbranched alkanes of at least 4 members (excludes halogenated alkanes) is 5. The van der Waals surface area contributed by atoms with Gasteiger partial charge in [0.1, 0.15) is 0 Å². The molecule has 0 spiro atoms. The molecule has 0 fully saturated rings. The number of aromatic nitrogens is 2. The maximum absolute atomic E-state index is 5.46. The first-order valence-electron chi connectivity index (χ1n) is 13.7. The van der Waals surface area contributed by atoms with E-state index in [0.717, 1.165) is 25.0 Å². The van der Waals surface area contributed by atoms with Crippen molar-refractivity contribution < 1.29 is 0 Å². The van der Waals surface area contributed by atoms with Crippen LogP contribution in [0.15, 0.2) is 18.3 Å². The fraction of sp³-hybridized carbons (Fsp3) is 0.667. The maximum Gasteiger partial charge on any atom is 0.0927 e. The minimum Gasteiger partial charge on any atom is -0.254 e. The van der Waals surface area contributed by atoms with Crippen molar-refractivity contribution >= 4 is 0 Å². The molecule has 0 aliphatic heterocycles. The van der Waals surface area contributed by atoms with Gasteiger partial charge in [0.15, 0.2) is 0 Å². The number of nitrogens with zero attached hydrogens (tertiary/aromatic N) is 2. The van der Waals surface area contributed by atoms with Crippen LogP contribution in [0.25, 0.3) is 11.4 Å². The molecule has 2 heterocycles. The summed E-state index contributed by atoms with van der Waals surface area (Å²) in [5, 5.41) is 0. The molecule has 2 aromatic heterocycles. The van der Waals surface area contributed by atoms with Crippen molar-refractivity contribution in [3.8, 4) is 11.4 Å². The predicted octanol–water partition coefficient (Wildman–Crippen LogP) is 8.86. The van der Waals surface area contributed by atoms with Gasteiger partial charge < -0.3 is 0 Å². The Hall–Kier alpha value is -1.70. The van der Waals surface area contributed by atoms with Gasteiger partial charge in [-0.25, -0.2) is 0 Å². The van der Waals surface area contributed by atoms with Crippen LogP contribution in [0, 0.1) is 0 Å². The van der Waals surface area contributed by atoms with Crippen molar-refractivity contribution in [2.24, 2.45) is 0 Å². The highest BCUT2D eigenvalue weighted by Crippen LogP contribution is 2.34. The Bertz CT molecular complexity index is 794. The normalized spacial score (nSPS) is 11.3. The lowest BCUT2D eigenvalue weighted by Crippen LogP contribution is -2.12. The largest absolute Gasteiger partial charge is 0.254 e. The molecule has 0 aliphatic rings. The zero-order valence-electron chi connectivity index (χ0n) is 21.7. The van der Waals surface area contributed by atoms with Gasteiger partial charge >= 0.3 is 0 Å². The summed E-state index contributed by atoms with van der Waals surface area (Å²) in [6.07, 6.45) is 20.0. The Labute approximate surface area is 198 Å². The van der Waals surface area contributed by atoms with Crippen LogP contribution in [-0.2, 0) is 32.1 Å². The molecule has 0 N–H and O–H groups in total. The molecule has 0 saturated carbocycles. The number of aryl methyl sites for hydroxylation is 2. The lowest BCUT2D eigenvalue weighted by molar-refractivity contribution is 0.704. The van der Waals surface area contributed by atoms with Gasteiger partial charge in [-0.05, 0) is 92.5 Å². The van der Waals surface area contributed by atoms with Crippen LogP contribution >= 0.6 is 0 Å². The highest BCUT2D eigenvalue weighted by molar-refractivity contribution is 5.66. The lowest BCUT2D eigenvalue weighted by atomic mass is 9.86. The summed E-state index contributed by atoms with van der Waals surface area (Å²) in [5.41, 5.74) is 9.86. The fourth-order valence-corrected chi connectivity index (χ4v) is 4.66. The molecule has 2 nitrogen and oxygen atoms in total. The van der Waals surface area contributed by atoms with Crippen LogP contribution in [0.4, 0.5) is 0 Å². The smallest absolute Gasteiger partial charge is 0.0927 e. The molecule has 0 atom stereocenters. The number of rotatable bonds is 16. The van der Waals surface area contributed by atoms with E-state index in [1.807, 2.05) is 6.20 Å². The Kier molecular flexibility index (Phi) is 12.6. The van der Waals surface area contributed by atoms with Crippen LogP contribution in [0.1, 0.15) is 127 Å². The van der Waals surface area contributed by atoms with E-state index in [0.29, 0.717) is 0 Å². The number of hydrogen-bond donors (Lipinski definition) is 0. The lowest BCUT2D eigenvalue weighted by Gasteiger charge is -2.23. The average Bonchev–Trinajstić information content (AvgIpc) is 2.82. The van der Waals surface area contributed by atoms with E-state index in [1.165, 1.54) is 99.6 Å². The molecule has 178 valence electrons. The molecule has 0 saturated heterocycles. The molecule has 0 unspecified atom stereocenters. The van der Waals surface area contributed by atoms with E-state index < -0.39 is 0 Å². The standard InChI is InChI=1S/C30H48N2/c1-6-11-17-24-18-16-23-31-29(24)30-27(21-14-9-4)25(19-12-7-2)26(20-13-8-3)28(32-30)22-15-10-5/h16,18,23H,6-15,17,19-22H2,1-5H3. The first kappa shape index (κ1) is 26.6. The summed E-state index contributed by atoms with van der Waals surface area (Å²) in [4.78, 5) is 10.4. The molecule has 0 aromatic carbocycles. The van der Waals surface area contributed by atoms with Crippen molar-refractivity contribution in [1.82, 2.24) is 9.97 Å². The van der Waals surface area contributed by atoms with Crippen LogP contribution in [0.2, 0.25) is 0 Å². The first-order valence-corrected chi connectivity index (χ1v) is 13.7. The predicted molar refractivity (Wildman–Crippen MR) is 141 cm³/mol. The van der Waals surface area contributed by atoms with Gasteiger partial charge in [-0.1, -0.05) is 72.8 Å². The Morgan fingerprint density at radius 2 is 1.09 bits per heavy atom. The van der Waals surface area contributed by atoms with Gasteiger partial charge in [-0.3, -0.25) is 9.97 Å². The van der Waals surface area contributed by atoms with Crippen molar-refractivity contribution in [2.45, 2.75) is 131 Å². The highest BCUT2D eigenvalue weighted by atomic mass is 14.8. The quantitative estimate of drug-likeness (QED) is 0.262. The molecule has 0 aliphatic carbocycles. The van der Waals surface area contributed by atoms with Gasteiger partial charge in [0.25, 0.3) is 0 Å². The minimum absolute atomic E-state index is 1.10. The summed E-state index contributed by atoms with van der Waals surface area (Å²) in [5.74, 6) is 0. The van der Waals surface area contributed by atoms with Crippen LogP contribution in [-0.4, -0.2) is 9.97 Å². The van der Waals surface area contributed by atoms with Gasteiger partial charge in [0.05, 0.1) is 11.4 Å². The molecular weight excluding hydrogens is 388 g/mol. The molecule has 2 heteroatoms. The van der Waals surface area contributed by atoms with Gasteiger partial charge in [-0.2, -0.15) is 0 Å². The summed E-state index contributed by atoms with van der Waals surface area (Å²) in [6.45, 7) is 11.5. The van der Waals surface area contributed by atoms with Gasteiger partial charge in [0.2, 0.25) is 0 Å². The fourth-order valence-electron chi connectivity index (χ4n) is 4.66. The minimum atomic E-state index is 1.10. The summed E-state index contributed by atoms with van der Waals surface area (Å²) in [6, 6.07) is 4.39. The monoisotopic (exact) mass is 436 g/mol. The van der Waals surface area contributed by atoms with E-state index in [1.54, 1.807) is 11.1 Å². The molecule has 0 bridgehead atoms. The molecule has 32 heavy (non-hydrogen) atoms. The second-order valence-corrected chi connectivity index (χ2v) is 9.37. The van der Waals surface area contributed by atoms with E-state index in [4.69, 9.17) is 9.97 Å². The number of pyridine rings is 2. The second-order valence-electron chi connectivity index (χ2n) is 9.37. The van der Waals surface area contributed by atoms with Crippen molar-refractivity contribution in [3.63, 3.8) is 0 Å². The van der Waals surface area contributed by atoms with Crippen molar-refractivity contribution in [2.75, 3.05) is 0 Å². The first-order chi connectivity index (χ1) is 15.7. The van der Waals surface area contributed by atoms with Crippen LogP contribution < -0.4 is 0 Å². The highest BCUT2D eigenvalue weighted by Gasteiger charge is 2.22. The molecular formula is C30H48N2.